The van der Waals surface area contributed by atoms with Gasteiger partial charge in [0, 0.05) is 61.9 Å². The summed E-state index contributed by atoms with van der Waals surface area (Å²) in [4.78, 5) is 77.1. The summed E-state index contributed by atoms with van der Waals surface area (Å²) >= 11 is 1.34. The SMILES string of the molecule is CCCO[C@H](C[C@H](C(C)C)N(CCC)C(=O)[C@@H](CC(=O)[C@H]1CCCCN1C)[C@@H](C)CC)c1nc(C(=O)N[C@@H](Cc2ccc(O)cc2)C[C@H](C)C(=O)CNC(=O)OCCOCCOCC)cs1. The van der Waals surface area contributed by atoms with E-state index in [0.29, 0.717) is 50.8 Å². The van der Waals surface area contributed by atoms with Crippen LogP contribution in [-0.4, -0.2) is 134 Å². The Labute approximate surface area is 398 Å². The lowest BCUT2D eigenvalue weighted by atomic mass is 9.82. The van der Waals surface area contributed by atoms with Crippen molar-refractivity contribution in [2.45, 2.75) is 144 Å². The van der Waals surface area contributed by atoms with Gasteiger partial charge < -0.3 is 39.6 Å². The number of benzene rings is 1. The van der Waals surface area contributed by atoms with E-state index >= 15 is 0 Å². The Balaban J connectivity index is 1.78. The Bertz CT molecular complexity index is 1760. The lowest BCUT2D eigenvalue weighted by Gasteiger charge is -2.40. The Hall–Kier alpha value is -3.96. The van der Waals surface area contributed by atoms with Gasteiger partial charge in [-0.05, 0) is 88.6 Å². The average Bonchev–Trinajstić information content (AvgIpc) is 3.80. The zero-order chi connectivity index (χ0) is 48.6. The maximum atomic E-state index is 14.8. The number of likely N-dealkylation sites (N-methyl/N-ethyl adjacent to an activating group) is 1. The van der Waals surface area contributed by atoms with E-state index in [2.05, 4.69) is 50.2 Å². The first kappa shape index (κ1) is 56.4. The fraction of sp³-hybridized carbons (Fsp3) is 0.720. The summed E-state index contributed by atoms with van der Waals surface area (Å²) < 4.78 is 22.2. The first-order valence-corrected chi connectivity index (χ1v) is 25.3. The van der Waals surface area contributed by atoms with Crippen LogP contribution in [0, 0.1) is 23.7 Å². The molecule has 66 heavy (non-hydrogen) atoms. The number of likely N-dealkylation sites (tertiary alicyclic amines) is 1. The largest absolute Gasteiger partial charge is 0.508 e. The van der Waals surface area contributed by atoms with E-state index in [0.717, 1.165) is 50.6 Å². The number of thiazole rings is 1. The second kappa shape index (κ2) is 30.4. The molecular weight excluding hydrogens is 863 g/mol. The summed E-state index contributed by atoms with van der Waals surface area (Å²) in [5.41, 5.74) is 1.06. The second-order valence-electron chi connectivity index (χ2n) is 18.1. The summed E-state index contributed by atoms with van der Waals surface area (Å²) in [6, 6.07) is 5.83. The van der Waals surface area contributed by atoms with E-state index in [-0.39, 0.29) is 85.4 Å². The van der Waals surface area contributed by atoms with Crippen LogP contribution < -0.4 is 10.6 Å². The van der Waals surface area contributed by atoms with E-state index in [9.17, 15) is 29.1 Å². The Morgan fingerprint density at radius 3 is 2.29 bits per heavy atom. The number of piperidine rings is 1. The number of hydrogen-bond donors (Lipinski definition) is 3. The van der Waals surface area contributed by atoms with Crippen molar-refractivity contribution in [1.82, 2.24) is 25.4 Å². The molecule has 15 nitrogen and oxygen atoms in total. The molecule has 3 amide bonds. The van der Waals surface area contributed by atoms with Crippen LogP contribution in [-0.2, 0) is 39.8 Å². The molecule has 0 saturated carbocycles. The molecule has 2 aromatic rings. The highest BCUT2D eigenvalue weighted by Crippen LogP contribution is 2.34. The molecule has 3 N–H and O–H groups in total. The molecule has 372 valence electrons. The molecule has 16 heteroatoms. The standard InChI is InChI=1S/C50H81N5O10S/c1-10-21-55(49(60)40(35(7)12-3)30-44(57)42-16-14-15-22-54(42)9)43(34(5)6)31-46(64-23-11-2)48-53-41(33-66-48)47(59)52-38(29-37-17-19-39(56)20-18-37)28-36(8)45(58)32-51-50(61)65-27-26-63-25-24-62-13-4/h17-20,33-36,38,40,42-43,46,56H,10-16,21-32H2,1-9H3,(H,51,61)(H,52,59)/t35-,36-,38+,40-,42+,43+,46+/m0/s1. The number of carbonyl (C=O) groups excluding carboxylic acids is 5. The highest BCUT2D eigenvalue weighted by atomic mass is 32.1. The lowest BCUT2D eigenvalue weighted by molar-refractivity contribution is -0.145. The first-order chi connectivity index (χ1) is 31.6. The van der Waals surface area contributed by atoms with Crippen LogP contribution in [0.5, 0.6) is 5.75 Å². The van der Waals surface area contributed by atoms with Crippen LogP contribution in [0.4, 0.5) is 4.79 Å². The molecule has 2 heterocycles. The van der Waals surface area contributed by atoms with E-state index < -0.39 is 36.0 Å². The number of phenols is 1. The van der Waals surface area contributed by atoms with Gasteiger partial charge in [-0.1, -0.05) is 73.4 Å². The van der Waals surface area contributed by atoms with Crippen LogP contribution in [0.2, 0.25) is 0 Å². The average molecular weight is 944 g/mol. The Kier molecular flexibility index (Phi) is 26.0. The predicted octanol–water partition coefficient (Wildman–Crippen LogP) is 7.79. The number of nitrogens with zero attached hydrogens (tertiary/aromatic N) is 3. The van der Waals surface area contributed by atoms with Gasteiger partial charge in [0.05, 0.1) is 32.4 Å². The number of aromatic hydroxyl groups is 1. The third kappa shape index (κ3) is 19.0. The molecule has 1 fully saturated rings. The quantitative estimate of drug-likeness (QED) is 0.0606. The number of ether oxygens (including phenoxy) is 4. The number of phenolic OH excluding ortho intramolecular Hbond substituents is 1. The monoisotopic (exact) mass is 944 g/mol. The van der Waals surface area contributed by atoms with Crippen molar-refractivity contribution < 1.29 is 48.0 Å². The molecule has 1 aliphatic heterocycles. The molecule has 3 rings (SSSR count). The second-order valence-corrected chi connectivity index (χ2v) is 19.0. The number of rotatable bonds is 32. The van der Waals surface area contributed by atoms with Crippen LogP contribution >= 0.6 is 11.3 Å². The Morgan fingerprint density at radius 2 is 1.64 bits per heavy atom. The zero-order valence-corrected chi connectivity index (χ0v) is 42.1. The zero-order valence-electron chi connectivity index (χ0n) is 41.3. The molecule has 1 saturated heterocycles. The van der Waals surface area contributed by atoms with Crippen LogP contribution in [0.3, 0.4) is 0 Å². The van der Waals surface area contributed by atoms with Crippen molar-refractivity contribution in [2.24, 2.45) is 23.7 Å². The molecule has 1 aromatic heterocycles. The summed E-state index contributed by atoms with van der Waals surface area (Å²) in [5, 5.41) is 17.9. The number of hydrogen-bond acceptors (Lipinski definition) is 13. The molecule has 0 spiro atoms. The van der Waals surface area contributed by atoms with Crippen molar-refractivity contribution in [2.75, 3.05) is 66.3 Å². The van der Waals surface area contributed by atoms with Gasteiger partial charge in [-0.3, -0.25) is 24.1 Å². The molecule has 1 aliphatic rings. The fourth-order valence-corrected chi connectivity index (χ4v) is 9.29. The number of alkyl carbamates (subject to hydrolysis) is 1. The highest BCUT2D eigenvalue weighted by molar-refractivity contribution is 7.09. The van der Waals surface area contributed by atoms with E-state index in [1.165, 1.54) is 11.3 Å². The van der Waals surface area contributed by atoms with Crippen molar-refractivity contribution in [1.29, 1.82) is 0 Å². The number of ketones is 2. The number of amides is 3. The van der Waals surface area contributed by atoms with E-state index in [1.807, 2.05) is 25.8 Å². The molecule has 1 aromatic carbocycles. The number of Topliss-reactive ketones (excluding diaryl/α,β-unsaturated/α-hetero) is 2. The first-order valence-electron chi connectivity index (χ1n) is 24.4. The summed E-state index contributed by atoms with van der Waals surface area (Å²) in [5.74, 6) is -1.23. The minimum atomic E-state index is -0.729. The van der Waals surface area contributed by atoms with Gasteiger partial charge in [-0.25, -0.2) is 9.78 Å². The third-order valence-corrected chi connectivity index (χ3v) is 13.5. The van der Waals surface area contributed by atoms with E-state index in [4.69, 9.17) is 23.9 Å². The van der Waals surface area contributed by atoms with Gasteiger partial charge in [0.15, 0.2) is 11.6 Å². The smallest absolute Gasteiger partial charge is 0.407 e. The maximum absolute atomic E-state index is 14.8. The molecule has 0 unspecified atom stereocenters. The molecule has 0 aliphatic carbocycles. The van der Waals surface area contributed by atoms with Crippen molar-refractivity contribution in [3.8, 4) is 5.75 Å². The van der Waals surface area contributed by atoms with Gasteiger partial charge in [-0.2, -0.15) is 0 Å². The minimum Gasteiger partial charge on any atom is -0.508 e. The normalized spacial score (nSPS) is 17.0. The van der Waals surface area contributed by atoms with Crippen molar-refractivity contribution in [3.63, 3.8) is 0 Å². The van der Waals surface area contributed by atoms with Gasteiger partial charge in [0.25, 0.3) is 5.91 Å². The third-order valence-electron chi connectivity index (χ3n) is 12.5. The predicted molar refractivity (Wildman–Crippen MR) is 258 cm³/mol. The molecule has 7 atom stereocenters. The van der Waals surface area contributed by atoms with Crippen LogP contribution in [0.25, 0.3) is 0 Å². The van der Waals surface area contributed by atoms with Crippen molar-refractivity contribution in [3.05, 3.63) is 45.9 Å². The van der Waals surface area contributed by atoms with Crippen LogP contribution in [0.15, 0.2) is 29.6 Å². The highest BCUT2D eigenvalue weighted by Gasteiger charge is 2.38. The topological polar surface area (TPSA) is 186 Å². The lowest BCUT2D eigenvalue weighted by Crippen LogP contribution is -2.50. The molecule has 0 radical (unpaired) electrons. The fourth-order valence-electron chi connectivity index (χ4n) is 8.43. The minimum absolute atomic E-state index is 0.0168. The van der Waals surface area contributed by atoms with E-state index in [1.54, 1.807) is 36.6 Å². The van der Waals surface area contributed by atoms with Crippen molar-refractivity contribution >= 4 is 40.8 Å². The number of nitrogens with one attached hydrogen (secondary N) is 2. The van der Waals surface area contributed by atoms with Crippen LogP contribution in [0.1, 0.15) is 140 Å². The summed E-state index contributed by atoms with van der Waals surface area (Å²) in [7, 11) is 2.01. The van der Waals surface area contributed by atoms with Gasteiger partial charge in [0.1, 0.15) is 29.2 Å². The molecular formula is C50H81N5O10S. The van der Waals surface area contributed by atoms with Gasteiger partial charge in [-0.15, -0.1) is 11.3 Å². The van der Waals surface area contributed by atoms with Gasteiger partial charge in [0.2, 0.25) is 5.91 Å². The molecule has 0 bridgehead atoms. The summed E-state index contributed by atoms with van der Waals surface area (Å²) in [6.07, 6.45) is 5.37. The Morgan fingerprint density at radius 1 is 0.924 bits per heavy atom. The number of carbonyl (C=O) groups is 5. The van der Waals surface area contributed by atoms with Gasteiger partial charge >= 0.3 is 6.09 Å². The number of aromatic nitrogens is 1. The summed E-state index contributed by atoms with van der Waals surface area (Å²) in [6.45, 7) is 19.5. The maximum Gasteiger partial charge on any atom is 0.407 e.